The summed E-state index contributed by atoms with van der Waals surface area (Å²) in [5, 5.41) is 0.661. The van der Waals surface area contributed by atoms with E-state index in [1.165, 1.54) is 0 Å². The SMILES string of the molecule is CCOC(=O)C[Se+](C)C. The molecular formula is C6H13O2Se+. The number of rotatable bonds is 3. The Morgan fingerprint density at radius 3 is 2.44 bits per heavy atom. The molecule has 0 aromatic heterocycles. The molecule has 0 saturated heterocycles. The van der Waals surface area contributed by atoms with Crippen LogP contribution in [0.2, 0.25) is 17.0 Å². The van der Waals surface area contributed by atoms with Gasteiger partial charge in [-0.2, -0.15) is 0 Å². The van der Waals surface area contributed by atoms with Gasteiger partial charge in [-0.05, 0) is 0 Å². The number of hydrogen-bond acceptors (Lipinski definition) is 2. The third-order valence-electron chi connectivity index (χ3n) is 0.712. The van der Waals surface area contributed by atoms with E-state index >= 15 is 0 Å². The normalized spacial score (nSPS) is 9.78. The van der Waals surface area contributed by atoms with Crippen LogP contribution in [0.25, 0.3) is 0 Å². The van der Waals surface area contributed by atoms with Gasteiger partial charge in [0.15, 0.2) is 0 Å². The van der Waals surface area contributed by atoms with Gasteiger partial charge in [-0.25, -0.2) is 0 Å². The van der Waals surface area contributed by atoms with Crippen molar-refractivity contribution in [1.29, 1.82) is 0 Å². The molecule has 0 rings (SSSR count). The fourth-order valence-electron chi connectivity index (χ4n) is 0.438. The molecule has 0 heterocycles. The Morgan fingerprint density at radius 2 is 2.11 bits per heavy atom. The van der Waals surface area contributed by atoms with Crippen molar-refractivity contribution in [3.63, 3.8) is 0 Å². The van der Waals surface area contributed by atoms with Gasteiger partial charge in [0, 0.05) is 0 Å². The first kappa shape index (κ1) is 8.99. The molecule has 0 amide bonds. The second-order valence-electron chi connectivity index (χ2n) is 1.93. The first-order valence-corrected chi connectivity index (χ1v) is 7.50. The fourth-order valence-corrected chi connectivity index (χ4v) is 1.60. The van der Waals surface area contributed by atoms with Crippen molar-refractivity contribution in [3.05, 3.63) is 0 Å². The van der Waals surface area contributed by atoms with Crippen LogP contribution in [-0.4, -0.2) is 26.5 Å². The summed E-state index contributed by atoms with van der Waals surface area (Å²) in [6, 6.07) is 0. The van der Waals surface area contributed by atoms with Gasteiger partial charge in [-0.15, -0.1) is 0 Å². The molecule has 0 bridgehead atoms. The monoisotopic (exact) mass is 197 g/mol. The predicted molar refractivity (Wildman–Crippen MR) is 38.9 cm³/mol. The van der Waals surface area contributed by atoms with Crippen LogP contribution in [-0.2, 0) is 9.53 Å². The summed E-state index contributed by atoms with van der Waals surface area (Å²) in [6.45, 7) is 2.34. The Bertz CT molecular complexity index is 91.1. The van der Waals surface area contributed by atoms with Crippen molar-refractivity contribution in [1.82, 2.24) is 0 Å². The molecule has 54 valence electrons. The van der Waals surface area contributed by atoms with Crippen LogP contribution in [0, 0.1) is 0 Å². The molecule has 0 radical (unpaired) electrons. The summed E-state index contributed by atoms with van der Waals surface area (Å²) in [6.07, 6.45) is 0. The zero-order chi connectivity index (χ0) is 7.28. The van der Waals surface area contributed by atoms with Crippen molar-refractivity contribution in [2.24, 2.45) is 0 Å². The predicted octanol–water partition coefficient (Wildman–Crippen LogP) is 1.30. The van der Waals surface area contributed by atoms with E-state index in [0.29, 0.717) is 11.9 Å². The van der Waals surface area contributed by atoms with Gasteiger partial charge in [0.05, 0.1) is 0 Å². The zero-order valence-corrected chi connectivity index (χ0v) is 7.85. The maximum absolute atomic E-state index is 10.7. The van der Waals surface area contributed by atoms with Gasteiger partial charge in [-0.3, -0.25) is 0 Å². The summed E-state index contributed by atoms with van der Waals surface area (Å²) in [5.41, 5.74) is 0. The Hall–Kier alpha value is -0.0105. The van der Waals surface area contributed by atoms with Gasteiger partial charge < -0.3 is 0 Å². The van der Waals surface area contributed by atoms with Crippen LogP contribution >= 0.6 is 0 Å². The van der Waals surface area contributed by atoms with Crippen molar-refractivity contribution in [2.75, 3.05) is 6.61 Å². The number of carbonyl (C=O) groups is 1. The summed E-state index contributed by atoms with van der Waals surface area (Å²) >= 11 is -0.620. The zero-order valence-electron chi connectivity index (χ0n) is 6.14. The van der Waals surface area contributed by atoms with Gasteiger partial charge in [0.25, 0.3) is 0 Å². The molecule has 0 saturated carbocycles. The topological polar surface area (TPSA) is 26.3 Å². The minimum absolute atomic E-state index is 0.0347. The van der Waals surface area contributed by atoms with E-state index < -0.39 is 13.9 Å². The standard InChI is InChI=1S/C6H13O2Se/c1-4-8-6(7)5-9(2)3/h4-5H2,1-3H3/q+1. The third-order valence-corrected chi connectivity index (χ3v) is 2.42. The number of ether oxygens (including phenoxy) is 1. The molecule has 0 spiro atoms. The van der Waals surface area contributed by atoms with E-state index in [4.69, 9.17) is 4.74 Å². The van der Waals surface area contributed by atoms with Gasteiger partial charge in [-0.1, -0.05) is 0 Å². The molecule has 0 atom stereocenters. The molecule has 0 aliphatic rings. The van der Waals surface area contributed by atoms with E-state index in [1.807, 2.05) is 6.92 Å². The van der Waals surface area contributed by atoms with Gasteiger partial charge in [0.1, 0.15) is 0 Å². The molecular weight excluding hydrogens is 183 g/mol. The van der Waals surface area contributed by atoms with Crippen molar-refractivity contribution >= 4 is 19.9 Å². The molecule has 0 unspecified atom stereocenters. The van der Waals surface area contributed by atoms with Gasteiger partial charge >= 0.3 is 59.9 Å². The van der Waals surface area contributed by atoms with Crippen LogP contribution in [0.15, 0.2) is 0 Å². The summed E-state index contributed by atoms with van der Waals surface area (Å²) in [4.78, 5) is 10.7. The molecule has 0 fully saturated rings. The quantitative estimate of drug-likeness (QED) is 0.502. The van der Waals surface area contributed by atoms with Crippen LogP contribution in [0.3, 0.4) is 0 Å². The first-order valence-electron chi connectivity index (χ1n) is 2.86. The molecule has 0 aliphatic heterocycles. The third kappa shape index (κ3) is 5.87. The first-order chi connectivity index (χ1) is 4.16. The van der Waals surface area contributed by atoms with Crippen LogP contribution in [0.5, 0.6) is 0 Å². The summed E-state index contributed by atoms with van der Waals surface area (Å²) in [7, 11) is 0. The number of carbonyl (C=O) groups excluding carboxylic acids is 1. The molecule has 0 aromatic carbocycles. The Morgan fingerprint density at radius 1 is 1.56 bits per heavy atom. The Kier molecular flexibility index (Phi) is 4.82. The van der Waals surface area contributed by atoms with Crippen molar-refractivity contribution in [3.8, 4) is 0 Å². The molecule has 3 heteroatoms. The number of esters is 1. The maximum atomic E-state index is 10.7. The molecule has 0 aliphatic carbocycles. The van der Waals surface area contributed by atoms with Crippen LogP contribution in [0.1, 0.15) is 6.92 Å². The molecule has 9 heavy (non-hydrogen) atoms. The average Bonchev–Trinajstić information content (AvgIpc) is 1.63. The average molecular weight is 196 g/mol. The summed E-state index contributed by atoms with van der Waals surface area (Å²) in [5.74, 6) is 4.21. The van der Waals surface area contributed by atoms with Crippen LogP contribution in [0.4, 0.5) is 0 Å². The van der Waals surface area contributed by atoms with E-state index in [1.54, 1.807) is 0 Å². The Balaban J connectivity index is 3.27. The van der Waals surface area contributed by atoms with E-state index in [9.17, 15) is 4.79 Å². The molecule has 0 N–H and O–H groups in total. The second kappa shape index (κ2) is 4.83. The van der Waals surface area contributed by atoms with Crippen molar-refractivity contribution < 1.29 is 9.53 Å². The number of hydrogen-bond donors (Lipinski definition) is 0. The second-order valence-corrected chi connectivity index (χ2v) is 6.68. The van der Waals surface area contributed by atoms with E-state index in [-0.39, 0.29) is 5.97 Å². The molecule has 2 nitrogen and oxygen atoms in total. The fraction of sp³-hybridized carbons (Fsp3) is 0.833. The summed E-state index contributed by atoms with van der Waals surface area (Å²) < 4.78 is 4.74. The molecule has 0 aromatic rings. The van der Waals surface area contributed by atoms with Crippen LogP contribution < -0.4 is 0 Å². The van der Waals surface area contributed by atoms with E-state index in [0.717, 1.165) is 0 Å². The van der Waals surface area contributed by atoms with Crippen molar-refractivity contribution in [2.45, 2.75) is 23.9 Å². The minimum atomic E-state index is -0.620. The Labute approximate surface area is 60.5 Å². The van der Waals surface area contributed by atoms with Gasteiger partial charge in [0.2, 0.25) is 0 Å². The van der Waals surface area contributed by atoms with E-state index in [2.05, 4.69) is 11.6 Å².